The molecule has 0 amide bonds. The van der Waals surface area contributed by atoms with Crippen molar-refractivity contribution in [3.8, 4) is 0 Å². The monoisotopic (exact) mass is 154 g/mol. The number of Topliss-reactive ketones (excluding diaryl/α,β-unsaturated/α-hetero) is 1. The molecule has 0 aliphatic carbocycles. The summed E-state index contributed by atoms with van der Waals surface area (Å²) in [5.74, 6) is 0.561. The van der Waals surface area contributed by atoms with E-state index >= 15 is 0 Å². The number of carbonyl (C=O) groups excluding carboxylic acids is 1. The number of hydrogen-bond acceptors (Lipinski definition) is 1. The lowest BCUT2D eigenvalue weighted by Crippen LogP contribution is -2.06. The van der Waals surface area contributed by atoms with Crippen LogP contribution in [-0.2, 0) is 4.79 Å². The van der Waals surface area contributed by atoms with Crippen LogP contribution in [0.2, 0.25) is 0 Å². The van der Waals surface area contributed by atoms with Crippen LogP contribution in [0.15, 0.2) is 11.6 Å². The van der Waals surface area contributed by atoms with Gasteiger partial charge in [0.05, 0.1) is 0 Å². The van der Waals surface area contributed by atoms with E-state index in [0.717, 1.165) is 6.42 Å². The van der Waals surface area contributed by atoms with Crippen molar-refractivity contribution in [2.75, 3.05) is 0 Å². The van der Waals surface area contributed by atoms with Crippen LogP contribution in [0.3, 0.4) is 0 Å². The molecule has 0 aliphatic heterocycles. The number of rotatable bonds is 4. The SMILES string of the molecule is CC=C(C)CCC(=O)C(C)C. The zero-order valence-electron chi connectivity index (χ0n) is 7.98. The topological polar surface area (TPSA) is 17.1 Å². The van der Waals surface area contributed by atoms with E-state index in [1.54, 1.807) is 0 Å². The molecule has 0 bridgehead atoms. The smallest absolute Gasteiger partial charge is 0.135 e. The minimum absolute atomic E-state index is 0.194. The first-order valence-corrected chi connectivity index (χ1v) is 4.22. The highest BCUT2D eigenvalue weighted by Crippen LogP contribution is 2.07. The van der Waals surface area contributed by atoms with Crippen molar-refractivity contribution in [3.63, 3.8) is 0 Å². The van der Waals surface area contributed by atoms with Gasteiger partial charge in [0, 0.05) is 12.3 Å². The van der Waals surface area contributed by atoms with E-state index in [0.29, 0.717) is 12.2 Å². The van der Waals surface area contributed by atoms with E-state index in [4.69, 9.17) is 0 Å². The molecular formula is C10H18O. The lowest BCUT2D eigenvalue weighted by molar-refractivity contribution is -0.121. The first-order chi connectivity index (χ1) is 5.07. The molecule has 1 nitrogen and oxygen atoms in total. The predicted molar refractivity (Wildman–Crippen MR) is 48.5 cm³/mol. The highest BCUT2D eigenvalue weighted by Gasteiger charge is 2.05. The average molecular weight is 154 g/mol. The zero-order valence-corrected chi connectivity index (χ0v) is 7.98. The molecule has 0 spiro atoms. The van der Waals surface area contributed by atoms with Gasteiger partial charge >= 0.3 is 0 Å². The highest BCUT2D eigenvalue weighted by atomic mass is 16.1. The Balaban J connectivity index is 3.63. The Morgan fingerprint density at radius 3 is 2.27 bits per heavy atom. The Kier molecular flexibility index (Phi) is 4.84. The van der Waals surface area contributed by atoms with Crippen LogP contribution >= 0.6 is 0 Å². The maximum atomic E-state index is 11.1. The molecule has 0 aromatic heterocycles. The van der Waals surface area contributed by atoms with Gasteiger partial charge in [-0.3, -0.25) is 4.79 Å². The summed E-state index contributed by atoms with van der Waals surface area (Å²) < 4.78 is 0. The molecular weight excluding hydrogens is 136 g/mol. The van der Waals surface area contributed by atoms with Gasteiger partial charge in [-0.05, 0) is 20.3 Å². The molecule has 64 valence electrons. The van der Waals surface area contributed by atoms with E-state index in [-0.39, 0.29) is 5.92 Å². The normalized spacial score (nSPS) is 12.3. The molecule has 0 radical (unpaired) electrons. The molecule has 0 unspecified atom stereocenters. The quantitative estimate of drug-likeness (QED) is 0.569. The van der Waals surface area contributed by atoms with Gasteiger partial charge in [-0.1, -0.05) is 25.5 Å². The molecule has 0 saturated carbocycles. The molecule has 11 heavy (non-hydrogen) atoms. The molecule has 0 heterocycles. The Bertz CT molecular complexity index is 154. The van der Waals surface area contributed by atoms with Crippen molar-refractivity contribution in [3.05, 3.63) is 11.6 Å². The van der Waals surface area contributed by atoms with Crippen LogP contribution in [0.4, 0.5) is 0 Å². The Labute approximate surface area is 69.5 Å². The van der Waals surface area contributed by atoms with Crippen LogP contribution in [0, 0.1) is 5.92 Å². The fourth-order valence-electron chi connectivity index (χ4n) is 0.753. The van der Waals surface area contributed by atoms with Crippen LogP contribution < -0.4 is 0 Å². The molecule has 0 saturated heterocycles. The number of hydrogen-bond donors (Lipinski definition) is 0. The summed E-state index contributed by atoms with van der Waals surface area (Å²) in [4.78, 5) is 11.1. The second-order valence-corrected chi connectivity index (χ2v) is 3.26. The lowest BCUT2D eigenvalue weighted by Gasteiger charge is -2.03. The van der Waals surface area contributed by atoms with E-state index in [1.807, 2.05) is 20.8 Å². The van der Waals surface area contributed by atoms with Crippen molar-refractivity contribution in [1.82, 2.24) is 0 Å². The fraction of sp³-hybridized carbons (Fsp3) is 0.700. The molecule has 0 N–H and O–H groups in total. The van der Waals surface area contributed by atoms with Gasteiger partial charge in [0.1, 0.15) is 5.78 Å². The van der Waals surface area contributed by atoms with Crippen LogP contribution in [0.1, 0.15) is 40.5 Å². The number of ketones is 1. The van der Waals surface area contributed by atoms with E-state index in [9.17, 15) is 4.79 Å². The predicted octanol–water partition coefficient (Wildman–Crippen LogP) is 2.96. The number of allylic oxidation sites excluding steroid dienone is 2. The van der Waals surface area contributed by atoms with Gasteiger partial charge in [-0.25, -0.2) is 0 Å². The third kappa shape index (κ3) is 4.77. The van der Waals surface area contributed by atoms with Gasteiger partial charge in [0.25, 0.3) is 0 Å². The van der Waals surface area contributed by atoms with Crippen LogP contribution in [0.25, 0.3) is 0 Å². The summed E-state index contributed by atoms with van der Waals surface area (Å²) in [7, 11) is 0. The average Bonchev–Trinajstić information content (AvgIpc) is 1.99. The Hall–Kier alpha value is -0.590. The molecule has 1 heteroatoms. The van der Waals surface area contributed by atoms with Gasteiger partial charge < -0.3 is 0 Å². The third-order valence-corrected chi connectivity index (χ3v) is 1.90. The maximum Gasteiger partial charge on any atom is 0.135 e. The highest BCUT2D eigenvalue weighted by molar-refractivity contribution is 5.80. The summed E-state index contributed by atoms with van der Waals surface area (Å²) in [5, 5.41) is 0. The largest absolute Gasteiger partial charge is 0.299 e. The van der Waals surface area contributed by atoms with Gasteiger partial charge in [0.2, 0.25) is 0 Å². The first kappa shape index (κ1) is 10.4. The molecule has 0 atom stereocenters. The second kappa shape index (κ2) is 5.11. The second-order valence-electron chi connectivity index (χ2n) is 3.26. The van der Waals surface area contributed by atoms with Crippen molar-refractivity contribution in [1.29, 1.82) is 0 Å². The van der Waals surface area contributed by atoms with Crippen LogP contribution in [0.5, 0.6) is 0 Å². The fourth-order valence-corrected chi connectivity index (χ4v) is 0.753. The Morgan fingerprint density at radius 1 is 1.36 bits per heavy atom. The van der Waals surface area contributed by atoms with Gasteiger partial charge in [0.15, 0.2) is 0 Å². The molecule has 0 aliphatic rings. The summed E-state index contributed by atoms with van der Waals surface area (Å²) in [6.07, 6.45) is 3.69. The maximum absolute atomic E-state index is 11.1. The third-order valence-electron chi connectivity index (χ3n) is 1.90. The van der Waals surface area contributed by atoms with Crippen molar-refractivity contribution in [2.45, 2.75) is 40.5 Å². The standard InChI is InChI=1S/C10H18O/c1-5-9(4)6-7-10(11)8(2)3/h5,8H,6-7H2,1-4H3. The van der Waals surface area contributed by atoms with Gasteiger partial charge in [-0.15, -0.1) is 0 Å². The Morgan fingerprint density at radius 2 is 1.91 bits per heavy atom. The van der Waals surface area contributed by atoms with Crippen molar-refractivity contribution >= 4 is 5.78 Å². The van der Waals surface area contributed by atoms with Crippen molar-refractivity contribution in [2.24, 2.45) is 5.92 Å². The molecule has 0 fully saturated rings. The minimum atomic E-state index is 0.194. The summed E-state index contributed by atoms with van der Waals surface area (Å²) in [6, 6.07) is 0. The summed E-state index contributed by atoms with van der Waals surface area (Å²) >= 11 is 0. The van der Waals surface area contributed by atoms with Crippen LogP contribution in [-0.4, -0.2) is 5.78 Å². The summed E-state index contributed by atoms with van der Waals surface area (Å²) in [6.45, 7) is 7.98. The minimum Gasteiger partial charge on any atom is -0.299 e. The molecule has 0 aromatic carbocycles. The van der Waals surface area contributed by atoms with E-state index in [1.165, 1.54) is 5.57 Å². The number of carbonyl (C=O) groups is 1. The lowest BCUT2D eigenvalue weighted by atomic mass is 10.0. The zero-order chi connectivity index (χ0) is 8.85. The molecule has 0 aromatic rings. The molecule has 0 rings (SSSR count). The first-order valence-electron chi connectivity index (χ1n) is 4.22. The summed E-state index contributed by atoms with van der Waals surface area (Å²) in [5.41, 5.74) is 1.30. The van der Waals surface area contributed by atoms with E-state index < -0.39 is 0 Å². The van der Waals surface area contributed by atoms with Gasteiger partial charge in [-0.2, -0.15) is 0 Å². The van der Waals surface area contributed by atoms with E-state index in [2.05, 4.69) is 13.0 Å². The van der Waals surface area contributed by atoms with Crippen molar-refractivity contribution < 1.29 is 4.79 Å².